The van der Waals surface area contributed by atoms with E-state index >= 15 is 0 Å². The van der Waals surface area contributed by atoms with Crippen molar-refractivity contribution in [1.29, 1.82) is 0 Å². The lowest BCUT2D eigenvalue weighted by molar-refractivity contribution is 0.251. The molecule has 0 atom stereocenters. The van der Waals surface area contributed by atoms with Crippen molar-refractivity contribution in [2.75, 3.05) is 6.54 Å². The van der Waals surface area contributed by atoms with Crippen LogP contribution in [0.25, 0.3) is 0 Å². The number of nitrogens with two attached hydrogens (primary N) is 1. The van der Waals surface area contributed by atoms with Crippen molar-refractivity contribution in [3.05, 3.63) is 0 Å². The van der Waals surface area contributed by atoms with Gasteiger partial charge in [0.05, 0.1) is 5.25 Å². The predicted octanol–water partition coefficient (Wildman–Crippen LogP) is 0.196. The number of sulfonamides is 1. The standard InChI is InChI=1S/C8H18N2O2S/c1-7(2)13(11,12)10-6-8(9)4-3-5-8/h7,10H,3-6,9H2,1-2H3. The van der Waals surface area contributed by atoms with Gasteiger partial charge < -0.3 is 5.73 Å². The summed E-state index contributed by atoms with van der Waals surface area (Å²) in [5, 5.41) is -0.379. The molecule has 0 unspecified atom stereocenters. The van der Waals surface area contributed by atoms with Crippen LogP contribution in [0.2, 0.25) is 0 Å². The Hall–Kier alpha value is -0.130. The van der Waals surface area contributed by atoms with E-state index in [1.807, 2.05) is 0 Å². The molecule has 0 heterocycles. The van der Waals surface area contributed by atoms with Crippen LogP contribution in [0.4, 0.5) is 0 Å². The highest BCUT2D eigenvalue weighted by Crippen LogP contribution is 2.28. The molecule has 5 heteroatoms. The van der Waals surface area contributed by atoms with Crippen molar-refractivity contribution >= 4 is 10.0 Å². The molecule has 1 aliphatic rings. The number of hydrogen-bond acceptors (Lipinski definition) is 3. The molecule has 3 N–H and O–H groups in total. The van der Waals surface area contributed by atoms with Crippen LogP contribution in [0.1, 0.15) is 33.1 Å². The van der Waals surface area contributed by atoms with Gasteiger partial charge in [-0.3, -0.25) is 0 Å². The Morgan fingerprint density at radius 3 is 2.31 bits per heavy atom. The first-order chi connectivity index (χ1) is 5.86. The highest BCUT2D eigenvalue weighted by molar-refractivity contribution is 7.90. The molecule has 13 heavy (non-hydrogen) atoms. The molecule has 1 aliphatic carbocycles. The summed E-state index contributed by atoms with van der Waals surface area (Å²) in [7, 11) is -3.14. The molecule has 1 rings (SSSR count). The van der Waals surface area contributed by atoms with Gasteiger partial charge in [0.2, 0.25) is 10.0 Å². The minimum atomic E-state index is -3.14. The summed E-state index contributed by atoms with van der Waals surface area (Å²) in [5.74, 6) is 0. The molecule has 4 nitrogen and oxygen atoms in total. The van der Waals surface area contributed by atoms with Crippen molar-refractivity contribution < 1.29 is 8.42 Å². The Labute approximate surface area is 79.9 Å². The minimum absolute atomic E-state index is 0.276. The second-order valence-corrected chi connectivity index (χ2v) is 6.45. The summed E-state index contributed by atoms with van der Waals surface area (Å²) >= 11 is 0. The fourth-order valence-electron chi connectivity index (χ4n) is 1.22. The molecule has 0 aromatic rings. The van der Waals surface area contributed by atoms with Crippen LogP contribution in [0.5, 0.6) is 0 Å². The van der Waals surface area contributed by atoms with Crippen molar-refractivity contribution in [3.63, 3.8) is 0 Å². The van der Waals surface area contributed by atoms with Crippen molar-refractivity contribution in [1.82, 2.24) is 4.72 Å². The Morgan fingerprint density at radius 1 is 1.46 bits per heavy atom. The molecule has 0 amide bonds. The predicted molar refractivity (Wildman–Crippen MR) is 52.8 cm³/mol. The lowest BCUT2D eigenvalue weighted by Crippen LogP contribution is -2.55. The SMILES string of the molecule is CC(C)S(=O)(=O)NCC1(N)CCC1. The minimum Gasteiger partial charge on any atom is -0.324 e. The molecule has 0 radical (unpaired) electrons. The Bertz CT molecular complexity index is 268. The Kier molecular flexibility index (Phi) is 2.99. The van der Waals surface area contributed by atoms with E-state index < -0.39 is 10.0 Å². The fourth-order valence-corrected chi connectivity index (χ4v) is 2.04. The topological polar surface area (TPSA) is 72.2 Å². The third-order valence-electron chi connectivity index (χ3n) is 2.60. The first kappa shape index (κ1) is 10.9. The van der Waals surface area contributed by atoms with E-state index in [1.54, 1.807) is 13.8 Å². The molecule has 1 saturated carbocycles. The fraction of sp³-hybridized carbons (Fsp3) is 1.00. The van der Waals surface area contributed by atoms with Gasteiger partial charge in [0.1, 0.15) is 0 Å². The quantitative estimate of drug-likeness (QED) is 0.690. The van der Waals surface area contributed by atoms with E-state index in [0.29, 0.717) is 6.54 Å². The smallest absolute Gasteiger partial charge is 0.213 e. The molecule has 0 spiro atoms. The van der Waals surface area contributed by atoms with Gasteiger partial charge in [-0.1, -0.05) is 0 Å². The van der Waals surface area contributed by atoms with Crippen molar-refractivity contribution in [3.8, 4) is 0 Å². The van der Waals surface area contributed by atoms with Crippen LogP contribution in [0.15, 0.2) is 0 Å². The number of rotatable bonds is 4. The number of nitrogens with one attached hydrogen (secondary N) is 1. The van der Waals surface area contributed by atoms with Crippen LogP contribution < -0.4 is 10.5 Å². The van der Waals surface area contributed by atoms with Gasteiger partial charge in [-0.15, -0.1) is 0 Å². The summed E-state index contributed by atoms with van der Waals surface area (Å²) in [4.78, 5) is 0. The van der Waals surface area contributed by atoms with Crippen molar-refractivity contribution in [2.24, 2.45) is 5.73 Å². The van der Waals surface area contributed by atoms with E-state index in [0.717, 1.165) is 19.3 Å². The van der Waals surface area contributed by atoms with Gasteiger partial charge in [0, 0.05) is 12.1 Å². The normalized spacial score (nSPS) is 21.5. The van der Waals surface area contributed by atoms with E-state index in [4.69, 9.17) is 5.73 Å². The van der Waals surface area contributed by atoms with E-state index in [1.165, 1.54) is 0 Å². The lowest BCUT2D eigenvalue weighted by Gasteiger charge is -2.38. The average Bonchev–Trinajstić information content (AvgIpc) is 1.97. The van der Waals surface area contributed by atoms with Crippen molar-refractivity contribution in [2.45, 2.75) is 43.9 Å². The number of hydrogen-bond donors (Lipinski definition) is 2. The van der Waals surface area contributed by atoms with Crippen LogP contribution in [0, 0.1) is 0 Å². The highest BCUT2D eigenvalue weighted by Gasteiger charge is 2.33. The van der Waals surface area contributed by atoms with Crippen LogP contribution in [-0.2, 0) is 10.0 Å². The average molecular weight is 206 g/mol. The highest BCUT2D eigenvalue weighted by atomic mass is 32.2. The molecular weight excluding hydrogens is 188 g/mol. The Balaban J connectivity index is 2.42. The van der Waals surface area contributed by atoms with Gasteiger partial charge in [-0.05, 0) is 33.1 Å². The summed E-state index contributed by atoms with van der Waals surface area (Å²) in [6.07, 6.45) is 2.96. The first-order valence-corrected chi connectivity index (χ1v) is 6.18. The molecule has 78 valence electrons. The molecule has 1 fully saturated rings. The van der Waals surface area contributed by atoms with E-state index in [9.17, 15) is 8.42 Å². The van der Waals surface area contributed by atoms with Crippen LogP contribution >= 0.6 is 0 Å². The summed E-state index contributed by atoms with van der Waals surface area (Å²) in [6, 6.07) is 0. The summed E-state index contributed by atoms with van der Waals surface area (Å²) < 4.78 is 25.2. The second kappa shape index (κ2) is 3.55. The molecule has 0 aromatic carbocycles. The maximum absolute atomic E-state index is 11.4. The molecule has 0 saturated heterocycles. The zero-order valence-electron chi connectivity index (χ0n) is 8.21. The lowest BCUT2D eigenvalue weighted by atomic mass is 9.78. The third kappa shape index (κ3) is 2.65. The van der Waals surface area contributed by atoms with Crippen LogP contribution in [0.3, 0.4) is 0 Å². The maximum atomic E-state index is 11.4. The third-order valence-corrected chi connectivity index (χ3v) is 4.38. The summed E-state index contributed by atoms with van der Waals surface area (Å²) in [5.41, 5.74) is 5.61. The molecule has 0 aliphatic heterocycles. The van der Waals surface area contributed by atoms with Gasteiger partial charge in [-0.2, -0.15) is 0 Å². The zero-order chi connectivity index (χ0) is 10.1. The molecular formula is C8H18N2O2S. The van der Waals surface area contributed by atoms with Crippen LogP contribution in [-0.4, -0.2) is 25.8 Å². The van der Waals surface area contributed by atoms with Gasteiger partial charge in [0.25, 0.3) is 0 Å². The van der Waals surface area contributed by atoms with Gasteiger partial charge in [-0.25, -0.2) is 13.1 Å². The van der Waals surface area contributed by atoms with Gasteiger partial charge >= 0.3 is 0 Å². The van der Waals surface area contributed by atoms with E-state index in [-0.39, 0.29) is 10.8 Å². The van der Waals surface area contributed by atoms with E-state index in [2.05, 4.69) is 4.72 Å². The molecule has 0 aromatic heterocycles. The molecule has 0 bridgehead atoms. The second-order valence-electron chi connectivity index (χ2n) is 4.13. The first-order valence-electron chi connectivity index (χ1n) is 4.63. The van der Waals surface area contributed by atoms with Gasteiger partial charge in [0.15, 0.2) is 0 Å². The monoisotopic (exact) mass is 206 g/mol. The maximum Gasteiger partial charge on any atom is 0.213 e. The zero-order valence-corrected chi connectivity index (χ0v) is 9.02. The summed E-state index contributed by atoms with van der Waals surface area (Å²) in [6.45, 7) is 3.70. The Morgan fingerprint density at radius 2 is 2.00 bits per heavy atom. The largest absolute Gasteiger partial charge is 0.324 e.